The molecule has 0 heterocycles. The second-order valence-corrected chi connectivity index (χ2v) is 14.6. The lowest BCUT2D eigenvalue weighted by Crippen LogP contribution is -2.29. The molecule has 0 fully saturated rings. The van der Waals surface area contributed by atoms with E-state index in [0.29, 0.717) is 12.8 Å². The molecular weight excluding hydrogens is 653 g/mol. The molecule has 0 saturated heterocycles. The number of phosphoric acid groups is 1. The van der Waals surface area contributed by atoms with E-state index < -0.39 is 32.5 Å². The predicted molar refractivity (Wildman–Crippen MR) is 206 cm³/mol. The average molecular weight is 728 g/mol. The van der Waals surface area contributed by atoms with Gasteiger partial charge in [0.15, 0.2) is 6.10 Å². The summed E-state index contributed by atoms with van der Waals surface area (Å²) in [6.07, 6.45) is 38.9. The molecule has 292 valence electrons. The molecule has 0 amide bonds. The molecule has 0 aromatic heterocycles. The fourth-order valence-corrected chi connectivity index (χ4v) is 6.01. The maximum atomic E-state index is 12.5. The lowest BCUT2D eigenvalue weighted by atomic mass is 10.1. The normalized spacial score (nSPS) is 13.8. The van der Waals surface area contributed by atoms with Crippen molar-refractivity contribution in [2.24, 2.45) is 5.73 Å². The van der Waals surface area contributed by atoms with E-state index in [2.05, 4.69) is 50.3 Å². The molecule has 0 aliphatic heterocycles. The lowest BCUT2D eigenvalue weighted by Gasteiger charge is -2.19. The summed E-state index contributed by atoms with van der Waals surface area (Å²) in [5.74, 6) is -0.878. The minimum atomic E-state index is -4.38. The third kappa shape index (κ3) is 36.0. The highest BCUT2D eigenvalue weighted by Crippen LogP contribution is 2.43. The minimum absolute atomic E-state index is 0.0476. The van der Waals surface area contributed by atoms with E-state index in [1.54, 1.807) is 0 Å². The fraction of sp³-hybridized carbons (Fsp3) is 0.800. The number of hydrogen-bond donors (Lipinski definition) is 2. The van der Waals surface area contributed by atoms with E-state index in [-0.39, 0.29) is 32.6 Å². The van der Waals surface area contributed by atoms with Crippen LogP contribution in [0.4, 0.5) is 0 Å². The largest absolute Gasteiger partial charge is 0.472 e. The molecule has 0 aromatic rings. The van der Waals surface area contributed by atoms with E-state index >= 15 is 0 Å². The van der Waals surface area contributed by atoms with Crippen molar-refractivity contribution in [1.82, 2.24) is 0 Å². The highest BCUT2D eigenvalue weighted by Gasteiger charge is 2.25. The Balaban J connectivity index is 4.27. The molecule has 0 bridgehead atoms. The van der Waals surface area contributed by atoms with E-state index in [9.17, 15) is 19.0 Å². The minimum Gasteiger partial charge on any atom is -0.462 e. The highest BCUT2D eigenvalue weighted by atomic mass is 31.2. The summed E-state index contributed by atoms with van der Waals surface area (Å²) >= 11 is 0. The quantitative estimate of drug-likeness (QED) is 0.0277. The number of nitrogens with two attached hydrogens (primary N) is 1. The van der Waals surface area contributed by atoms with Crippen LogP contribution in [0.2, 0.25) is 0 Å². The summed E-state index contributed by atoms with van der Waals surface area (Å²) < 4.78 is 32.6. The Morgan fingerprint density at radius 3 is 1.58 bits per heavy atom. The van der Waals surface area contributed by atoms with Crippen molar-refractivity contribution in [3.8, 4) is 0 Å². The van der Waals surface area contributed by atoms with E-state index in [1.807, 2.05) is 0 Å². The van der Waals surface area contributed by atoms with Gasteiger partial charge >= 0.3 is 19.8 Å². The van der Waals surface area contributed by atoms with Gasteiger partial charge in [0.1, 0.15) is 6.61 Å². The smallest absolute Gasteiger partial charge is 0.462 e. The van der Waals surface area contributed by atoms with Crippen molar-refractivity contribution >= 4 is 19.8 Å². The van der Waals surface area contributed by atoms with Gasteiger partial charge in [0.05, 0.1) is 13.2 Å². The van der Waals surface area contributed by atoms with Crippen molar-refractivity contribution < 1.29 is 37.6 Å². The van der Waals surface area contributed by atoms with Crippen LogP contribution in [0.15, 0.2) is 36.5 Å². The summed E-state index contributed by atoms with van der Waals surface area (Å²) in [6, 6.07) is 0. The Labute approximate surface area is 305 Å². The standard InChI is InChI=1S/C40H74NO8P/c1-3-5-7-9-11-13-15-17-19-21-22-24-26-28-30-32-39(42)46-36-38(37-48-50(44,45)47-35-34-41)49-40(43)33-31-29-27-25-23-20-18-16-14-12-10-8-6-4-2/h16-19,22,24,38H,3-15,20-21,23,25-37,41H2,1-2H3,(H,44,45)/b18-16+,19-17+,24-22+/t38-/m1/s1. The van der Waals surface area contributed by atoms with Crippen LogP contribution in [0.1, 0.15) is 174 Å². The van der Waals surface area contributed by atoms with Crippen molar-refractivity contribution in [3.63, 3.8) is 0 Å². The van der Waals surface area contributed by atoms with Gasteiger partial charge in [0.25, 0.3) is 0 Å². The number of carbonyl (C=O) groups excluding carboxylic acids is 2. The van der Waals surface area contributed by atoms with Gasteiger partial charge < -0.3 is 20.1 Å². The Morgan fingerprint density at radius 1 is 0.600 bits per heavy atom. The molecule has 2 atom stereocenters. The molecule has 0 spiro atoms. The number of hydrogen-bond acceptors (Lipinski definition) is 8. The van der Waals surface area contributed by atoms with Gasteiger partial charge in [-0.05, 0) is 70.6 Å². The summed E-state index contributed by atoms with van der Waals surface area (Å²) in [6.45, 7) is 3.66. The fourth-order valence-electron chi connectivity index (χ4n) is 5.25. The average Bonchev–Trinajstić information content (AvgIpc) is 3.10. The topological polar surface area (TPSA) is 134 Å². The van der Waals surface area contributed by atoms with Gasteiger partial charge in [-0.1, -0.05) is 127 Å². The van der Waals surface area contributed by atoms with Crippen molar-refractivity contribution in [1.29, 1.82) is 0 Å². The number of carbonyl (C=O) groups is 2. The predicted octanol–water partition coefficient (Wildman–Crippen LogP) is 11.0. The van der Waals surface area contributed by atoms with Crippen molar-refractivity contribution in [3.05, 3.63) is 36.5 Å². The molecule has 0 aliphatic rings. The van der Waals surface area contributed by atoms with Crippen molar-refractivity contribution in [2.75, 3.05) is 26.4 Å². The number of ether oxygens (including phenoxy) is 2. The first-order chi connectivity index (χ1) is 24.3. The molecule has 3 N–H and O–H groups in total. The van der Waals surface area contributed by atoms with Gasteiger partial charge in [-0.2, -0.15) is 0 Å². The molecule has 1 unspecified atom stereocenters. The highest BCUT2D eigenvalue weighted by molar-refractivity contribution is 7.47. The third-order valence-electron chi connectivity index (χ3n) is 8.25. The molecule has 0 saturated carbocycles. The number of rotatable bonds is 37. The van der Waals surface area contributed by atoms with Crippen LogP contribution in [-0.4, -0.2) is 49.3 Å². The van der Waals surface area contributed by atoms with Gasteiger partial charge in [0, 0.05) is 19.4 Å². The lowest BCUT2D eigenvalue weighted by molar-refractivity contribution is -0.161. The van der Waals surface area contributed by atoms with Crippen LogP contribution < -0.4 is 5.73 Å². The molecule has 0 aromatic carbocycles. The summed E-state index contributed by atoms with van der Waals surface area (Å²) in [5, 5.41) is 0. The van der Waals surface area contributed by atoms with Crippen LogP contribution in [0, 0.1) is 0 Å². The van der Waals surface area contributed by atoms with E-state index in [1.165, 1.54) is 77.0 Å². The Morgan fingerprint density at radius 2 is 1.04 bits per heavy atom. The van der Waals surface area contributed by atoms with Crippen molar-refractivity contribution in [2.45, 2.75) is 180 Å². The summed E-state index contributed by atoms with van der Waals surface area (Å²) in [5.41, 5.74) is 5.33. The molecule has 9 nitrogen and oxygen atoms in total. The maximum absolute atomic E-state index is 12.5. The molecule has 10 heteroatoms. The van der Waals surface area contributed by atoms with Crippen LogP contribution in [0.3, 0.4) is 0 Å². The van der Waals surface area contributed by atoms with Gasteiger partial charge in [-0.25, -0.2) is 4.57 Å². The van der Waals surface area contributed by atoms with E-state index in [4.69, 9.17) is 24.3 Å². The third-order valence-corrected chi connectivity index (χ3v) is 9.23. The number of esters is 2. The molecule has 50 heavy (non-hydrogen) atoms. The molecular formula is C40H74NO8P. The van der Waals surface area contributed by atoms with Crippen LogP contribution in [-0.2, 0) is 32.7 Å². The van der Waals surface area contributed by atoms with Gasteiger partial charge in [-0.15, -0.1) is 0 Å². The van der Waals surface area contributed by atoms with E-state index in [0.717, 1.165) is 57.8 Å². The second kappa shape index (κ2) is 37.0. The summed E-state index contributed by atoms with van der Waals surface area (Å²) in [7, 11) is -4.38. The zero-order chi connectivity index (χ0) is 36.8. The first kappa shape index (κ1) is 48.2. The monoisotopic (exact) mass is 728 g/mol. The SMILES string of the molecule is CCCCCCC/C=C/CCCCCCCC(=O)O[C@H](COC(=O)CCCC/C=C/C/C=C/CCCCCCCC)COP(=O)(O)OCCN. The Kier molecular flexibility index (Phi) is 35.7. The molecule has 0 rings (SSSR count). The zero-order valence-corrected chi connectivity index (χ0v) is 32.8. The number of unbranched alkanes of at least 4 members (excludes halogenated alkanes) is 18. The van der Waals surface area contributed by atoms with Gasteiger partial charge in [-0.3, -0.25) is 18.6 Å². The van der Waals surface area contributed by atoms with Gasteiger partial charge in [0.2, 0.25) is 0 Å². The molecule has 0 aliphatic carbocycles. The van der Waals surface area contributed by atoms with Crippen LogP contribution >= 0.6 is 7.82 Å². The Bertz CT molecular complexity index is 923. The zero-order valence-electron chi connectivity index (χ0n) is 31.9. The van der Waals surface area contributed by atoms with Crippen LogP contribution in [0.5, 0.6) is 0 Å². The number of phosphoric ester groups is 1. The summed E-state index contributed by atoms with van der Waals surface area (Å²) in [4.78, 5) is 34.7. The Hall–Kier alpha value is -1.77. The first-order valence-corrected chi connectivity index (χ1v) is 21.5. The molecule has 0 radical (unpaired) electrons. The first-order valence-electron chi connectivity index (χ1n) is 20.0. The number of allylic oxidation sites excluding steroid dienone is 6. The van der Waals surface area contributed by atoms with Crippen LogP contribution in [0.25, 0.3) is 0 Å². The maximum Gasteiger partial charge on any atom is 0.472 e. The second-order valence-electron chi connectivity index (χ2n) is 13.1.